The quantitative estimate of drug-likeness (QED) is 0.360. The van der Waals surface area contributed by atoms with Gasteiger partial charge < -0.3 is 4.74 Å². The topological polar surface area (TPSA) is 9.23 Å². The molecule has 0 radical (unpaired) electrons. The lowest BCUT2D eigenvalue weighted by atomic mass is 9.68. The molecule has 3 rings (SSSR count). The van der Waals surface area contributed by atoms with Crippen LogP contribution >= 0.6 is 11.6 Å². The Morgan fingerprint density at radius 2 is 1.21 bits per heavy atom. The first kappa shape index (κ1) is 23.4. The summed E-state index contributed by atoms with van der Waals surface area (Å²) in [6.45, 7) is 0. The molecule has 0 spiro atoms. The summed E-state index contributed by atoms with van der Waals surface area (Å²) in [4.78, 5) is 0. The van der Waals surface area contributed by atoms with E-state index in [4.69, 9.17) is 11.6 Å². The molecule has 7 atom stereocenters. The van der Waals surface area contributed by atoms with Crippen molar-refractivity contribution in [2.24, 2.45) is 17.8 Å². The highest BCUT2D eigenvalue weighted by Gasteiger charge is 2.57. The van der Waals surface area contributed by atoms with Crippen LogP contribution in [-0.4, -0.2) is 54.6 Å². The lowest BCUT2D eigenvalue weighted by Gasteiger charge is -2.44. The fourth-order valence-electron chi connectivity index (χ4n) is 5.10. The van der Waals surface area contributed by atoms with Crippen LogP contribution in [0, 0.1) is 17.8 Å². The van der Waals surface area contributed by atoms with Gasteiger partial charge >= 0.3 is 6.11 Å². The van der Waals surface area contributed by atoms with Crippen molar-refractivity contribution < 1.29 is 39.9 Å². The third-order valence-corrected chi connectivity index (χ3v) is 6.89. The lowest BCUT2D eigenvalue weighted by molar-refractivity contribution is -0.322. The van der Waals surface area contributed by atoms with Crippen molar-refractivity contribution >= 4 is 11.6 Å². The minimum Gasteiger partial charge on any atom is -0.317 e. The molecule has 170 valence electrons. The van der Waals surface area contributed by atoms with E-state index in [1.165, 1.54) is 0 Å². The van der Waals surface area contributed by atoms with Crippen molar-refractivity contribution in [3.8, 4) is 0 Å². The van der Waals surface area contributed by atoms with Gasteiger partial charge in [-0.25, -0.2) is 26.3 Å². The molecular weight excluding hydrogens is 432 g/mol. The van der Waals surface area contributed by atoms with E-state index in [0.717, 1.165) is 0 Å². The van der Waals surface area contributed by atoms with Crippen LogP contribution in [-0.2, 0) is 4.74 Å². The largest absolute Gasteiger partial charge is 0.364 e. The molecule has 0 amide bonds. The second-order valence-electron chi connectivity index (χ2n) is 8.61. The predicted octanol–water partition coefficient (Wildman–Crippen LogP) is 6.22. The first-order chi connectivity index (χ1) is 13.5. The molecule has 10 heteroatoms. The third kappa shape index (κ3) is 5.13. The van der Waals surface area contributed by atoms with Crippen LogP contribution in [0.1, 0.15) is 44.9 Å². The van der Waals surface area contributed by atoms with E-state index in [-0.39, 0.29) is 25.7 Å². The number of halogens is 9. The zero-order chi connectivity index (χ0) is 21.5. The van der Waals surface area contributed by atoms with Crippen molar-refractivity contribution in [1.82, 2.24) is 0 Å². The maximum absolute atomic E-state index is 14.6. The van der Waals surface area contributed by atoms with Crippen molar-refractivity contribution in [2.75, 3.05) is 0 Å². The van der Waals surface area contributed by atoms with Crippen LogP contribution in [0.3, 0.4) is 0 Å². The Labute approximate surface area is 169 Å². The summed E-state index contributed by atoms with van der Waals surface area (Å²) in [5, 5.41) is -0.716. The normalized spacial score (nSPS) is 49.8. The predicted molar refractivity (Wildman–Crippen MR) is 91.6 cm³/mol. The summed E-state index contributed by atoms with van der Waals surface area (Å²) < 4.78 is 118. The van der Waals surface area contributed by atoms with Gasteiger partial charge in [0, 0.05) is 17.7 Å². The molecule has 0 heterocycles. The van der Waals surface area contributed by atoms with Crippen LogP contribution < -0.4 is 0 Å². The number of rotatable bonds is 4. The maximum Gasteiger partial charge on any atom is 0.364 e. The van der Waals surface area contributed by atoms with Crippen LogP contribution in [0.25, 0.3) is 0 Å². The molecule has 0 aliphatic heterocycles. The van der Waals surface area contributed by atoms with E-state index in [9.17, 15) is 35.1 Å². The smallest absolute Gasteiger partial charge is 0.317 e. The van der Waals surface area contributed by atoms with E-state index in [1.54, 1.807) is 0 Å². The summed E-state index contributed by atoms with van der Waals surface area (Å²) in [6.07, 6.45) is -20.2. The van der Waals surface area contributed by atoms with Crippen molar-refractivity contribution in [3.05, 3.63) is 0 Å². The molecule has 0 aromatic rings. The van der Waals surface area contributed by atoms with Gasteiger partial charge in [-0.3, -0.25) is 0 Å². The van der Waals surface area contributed by atoms with Gasteiger partial charge in [-0.15, -0.1) is 11.6 Å². The highest BCUT2D eigenvalue weighted by Crippen LogP contribution is 2.49. The van der Waals surface area contributed by atoms with Crippen LogP contribution in [0.4, 0.5) is 35.1 Å². The molecule has 0 saturated heterocycles. The molecule has 29 heavy (non-hydrogen) atoms. The van der Waals surface area contributed by atoms with Gasteiger partial charge in [0.2, 0.25) is 0 Å². The molecule has 7 unspecified atom stereocenters. The van der Waals surface area contributed by atoms with E-state index in [1.807, 2.05) is 0 Å². The Hall–Kier alpha value is -0.310. The molecule has 0 bridgehead atoms. The highest BCUT2D eigenvalue weighted by molar-refractivity contribution is 6.20. The molecule has 3 saturated carbocycles. The van der Waals surface area contributed by atoms with Gasteiger partial charge in [0.15, 0.2) is 0 Å². The van der Waals surface area contributed by atoms with E-state index >= 15 is 0 Å². The maximum atomic E-state index is 14.6. The average molecular weight is 457 g/mol. The van der Waals surface area contributed by atoms with E-state index in [0.29, 0.717) is 0 Å². The molecule has 0 N–H and O–H groups in total. The highest BCUT2D eigenvalue weighted by atomic mass is 35.5. The van der Waals surface area contributed by atoms with Crippen molar-refractivity contribution in [3.63, 3.8) is 0 Å². The summed E-state index contributed by atoms with van der Waals surface area (Å²) in [5.74, 6) is -4.82. The minimum atomic E-state index is -4.24. The van der Waals surface area contributed by atoms with Crippen molar-refractivity contribution in [1.29, 1.82) is 0 Å². The Bertz CT molecular complexity index is 530. The Morgan fingerprint density at radius 3 is 1.72 bits per heavy atom. The van der Waals surface area contributed by atoms with Gasteiger partial charge in [-0.2, -0.15) is 8.78 Å². The van der Waals surface area contributed by atoms with E-state index < -0.39 is 91.6 Å². The van der Waals surface area contributed by atoms with Crippen LogP contribution in [0.15, 0.2) is 0 Å². The number of hydrogen-bond donors (Lipinski definition) is 0. The second kappa shape index (κ2) is 9.05. The molecule has 0 aromatic carbocycles. The molecule has 0 aromatic heterocycles. The molecule has 3 aliphatic carbocycles. The van der Waals surface area contributed by atoms with Gasteiger partial charge in [-0.05, 0) is 44.4 Å². The fourth-order valence-corrected chi connectivity index (χ4v) is 5.44. The zero-order valence-corrected chi connectivity index (χ0v) is 16.4. The average Bonchev–Trinajstić information content (AvgIpc) is 2.56. The monoisotopic (exact) mass is 456 g/mol. The minimum absolute atomic E-state index is 0.151. The summed E-state index contributed by atoms with van der Waals surface area (Å²) >= 11 is 5.77. The van der Waals surface area contributed by atoms with Crippen LogP contribution in [0.5, 0.6) is 0 Å². The van der Waals surface area contributed by atoms with Crippen molar-refractivity contribution in [2.45, 2.75) is 99.6 Å². The van der Waals surface area contributed by atoms with Crippen LogP contribution in [0.2, 0.25) is 0 Å². The van der Waals surface area contributed by atoms with Gasteiger partial charge in [0.1, 0.15) is 42.9 Å². The third-order valence-electron chi connectivity index (χ3n) is 6.53. The molecule has 3 aliphatic rings. The first-order valence-electron chi connectivity index (χ1n) is 10.0. The Morgan fingerprint density at radius 1 is 0.655 bits per heavy atom. The second-order valence-corrected chi connectivity index (χ2v) is 9.23. The summed E-state index contributed by atoms with van der Waals surface area (Å²) in [6, 6.07) is 0. The Kier molecular flexibility index (Phi) is 7.29. The number of ether oxygens (including phenoxy) is 1. The zero-order valence-electron chi connectivity index (χ0n) is 15.6. The standard InChI is InChI=1S/C19H25ClF8O/c20-9-5-13(23)17(14(24)6-9)8-3-15(25)18(16(26)4-8)19(27,28)29-10-1-2-11(21)12(22)7-10/h8-18H,1-7H2. The molecular formula is C19H25ClF8O. The van der Waals surface area contributed by atoms with Gasteiger partial charge in [0.05, 0.1) is 6.10 Å². The number of hydrogen-bond acceptors (Lipinski definition) is 1. The number of alkyl halides is 9. The fraction of sp³-hybridized carbons (Fsp3) is 1.00. The summed E-state index contributed by atoms with van der Waals surface area (Å²) in [7, 11) is 0. The molecule has 1 nitrogen and oxygen atoms in total. The summed E-state index contributed by atoms with van der Waals surface area (Å²) in [5.41, 5.74) is 0. The molecule has 3 fully saturated rings. The van der Waals surface area contributed by atoms with Gasteiger partial charge in [0.25, 0.3) is 0 Å². The van der Waals surface area contributed by atoms with E-state index in [2.05, 4.69) is 4.74 Å². The first-order valence-corrected chi connectivity index (χ1v) is 10.5. The van der Waals surface area contributed by atoms with Gasteiger partial charge in [-0.1, -0.05) is 0 Å². The lowest BCUT2D eigenvalue weighted by Crippen LogP contribution is -2.52. The SMILES string of the molecule is FC1CCC(OC(F)(F)C2C(F)CC(C3C(F)CC(Cl)CC3F)CC2F)CC1F. The Balaban J connectivity index is 1.65.